The number of benzene rings is 1. The van der Waals surface area contributed by atoms with Crippen molar-refractivity contribution in [3.05, 3.63) is 52.5 Å². The zero-order valence-corrected chi connectivity index (χ0v) is 23.9. The third kappa shape index (κ3) is 9.47. The molecular weight excluding hydrogens is 498 g/mol. The topological polar surface area (TPSA) is 103 Å². The van der Waals surface area contributed by atoms with Crippen molar-refractivity contribution in [3.8, 4) is 0 Å². The summed E-state index contributed by atoms with van der Waals surface area (Å²) in [6, 6.07) is 9.04. The maximum Gasteiger partial charge on any atom is 0.223 e. The van der Waals surface area contributed by atoms with Gasteiger partial charge < -0.3 is 20.4 Å². The van der Waals surface area contributed by atoms with E-state index in [4.69, 9.17) is 0 Å². The summed E-state index contributed by atoms with van der Waals surface area (Å²) in [7, 11) is 0. The molecule has 0 aliphatic heterocycles. The van der Waals surface area contributed by atoms with Gasteiger partial charge in [0.15, 0.2) is 0 Å². The number of nitrogens with zero attached hydrogens (tertiary/aromatic N) is 2. The highest BCUT2D eigenvalue weighted by Gasteiger charge is 2.36. The fourth-order valence-electron chi connectivity index (χ4n) is 5.46. The molecule has 4 atom stereocenters. The van der Waals surface area contributed by atoms with Crippen LogP contribution in [-0.4, -0.2) is 50.2 Å². The highest BCUT2D eigenvalue weighted by molar-refractivity contribution is 7.09. The third-order valence-corrected chi connectivity index (χ3v) is 8.32. The van der Waals surface area contributed by atoms with Gasteiger partial charge in [0, 0.05) is 24.4 Å². The monoisotopic (exact) mass is 543 g/mol. The zero-order valence-electron chi connectivity index (χ0n) is 23.1. The third-order valence-electron chi connectivity index (χ3n) is 7.55. The predicted octanol–water partition coefficient (Wildman–Crippen LogP) is 5.24. The smallest absolute Gasteiger partial charge is 0.223 e. The van der Waals surface area contributed by atoms with Crippen molar-refractivity contribution < 1.29 is 19.8 Å². The maximum atomic E-state index is 13.7. The molecule has 8 heteroatoms. The quantitative estimate of drug-likeness (QED) is 0.303. The number of thiazole rings is 1. The number of carbonyl (C=O) groups is 2. The van der Waals surface area contributed by atoms with Crippen molar-refractivity contribution >= 4 is 23.2 Å². The maximum absolute atomic E-state index is 13.7. The van der Waals surface area contributed by atoms with E-state index in [9.17, 15) is 19.8 Å². The molecule has 1 aromatic carbocycles. The van der Waals surface area contributed by atoms with Gasteiger partial charge in [-0.2, -0.15) is 0 Å². The molecule has 210 valence electrons. The minimum absolute atomic E-state index is 0.0346. The number of aliphatic hydroxyl groups is 2. The van der Waals surface area contributed by atoms with Crippen LogP contribution in [0.1, 0.15) is 95.2 Å². The molecule has 0 spiro atoms. The molecule has 1 aliphatic rings. The summed E-state index contributed by atoms with van der Waals surface area (Å²) < 4.78 is 0. The number of carbonyl (C=O) groups excluding carboxylic acids is 2. The lowest BCUT2D eigenvalue weighted by atomic mass is 9.82. The molecule has 3 N–H and O–H groups in total. The Morgan fingerprint density at radius 1 is 1.08 bits per heavy atom. The van der Waals surface area contributed by atoms with E-state index in [1.807, 2.05) is 56.5 Å². The van der Waals surface area contributed by atoms with Crippen LogP contribution < -0.4 is 5.32 Å². The van der Waals surface area contributed by atoms with Crippen LogP contribution in [0, 0.1) is 11.8 Å². The van der Waals surface area contributed by atoms with E-state index in [2.05, 4.69) is 10.3 Å². The van der Waals surface area contributed by atoms with E-state index in [-0.39, 0.29) is 43.2 Å². The lowest BCUT2D eigenvalue weighted by molar-refractivity contribution is -0.142. The first-order valence-electron chi connectivity index (χ1n) is 14.1. The van der Waals surface area contributed by atoms with Gasteiger partial charge in [-0.1, -0.05) is 76.3 Å². The molecule has 1 aromatic heterocycles. The molecule has 2 amide bonds. The van der Waals surface area contributed by atoms with Gasteiger partial charge >= 0.3 is 0 Å². The molecule has 1 aliphatic carbocycles. The Morgan fingerprint density at radius 2 is 1.79 bits per heavy atom. The molecule has 38 heavy (non-hydrogen) atoms. The molecule has 1 saturated carbocycles. The Labute approximate surface area is 231 Å². The second-order valence-corrected chi connectivity index (χ2v) is 12.1. The summed E-state index contributed by atoms with van der Waals surface area (Å²) >= 11 is 1.46. The largest absolute Gasteiger partial charge is 0.390 e. The lowest BCUT2D eigenvalue weighted by Crippen LogP contribution is -2.52. The van der Waals surface area contributed by atoms with E-state index < -0.39 is 18.2 Å². The number of hydrogen-bond donors (Lipinski definition) is 3. The normalized spacial score (nSPS) is 17.5. The van der Waals surface area contributed by atoms with Gasteiger partial charge in [0.05, 0.1) is 24.7 Å². The summed E-state index contributed by atoms with van der Waals surface area (Å²) in [5.74, 6) is 0.233. The first kappa shape index (κ1) is 30.3. The first-order chi connectivity index (χ1) is 18.2. The van der Waals surface area contributed by atoms with Crippen molar-refractivity contribution in [2.45, 2.75) is 109 Å². The molecular formula is C30H45N3O4S. The average molecular weight is 544 g/mol. The Hall–Kier alpha value is -2.29. The van der Waals surface area contributed by atoms with E-state index in [1.54, 1.807) is 11.1 Å². The van der Waals surface area contributed by atoms with Gasteiger partial charge in [-0.25, -0.2) is 4.98 Å². The standard InChI is InChI=1S/C30H45N3O4S/c1-21(2)18-26(34)30(37)25(19-23-10-6-4-7-11-23)33(20-28-31-16-17-38-28)29(36)15-14-27(35)32-22(3)24-12-8-5-9-13-24/h5,8-9,12-13,16-17,21-23,25-26,30,34,37H,4,6-7,10-11,14-15,18-20H2,1-3H3,(H,32,35)/t22-,25-,26-,30+/m0/s1. The second-order valence-electron chi connectivity index (χ2n) is 11.1. The van der Waals surface area contributed by atoms with Crippen molar-refractivity contribution in [2.75, 3.05) is 0 Å². The van der Waals surface area contributed by atoms with Crippen LogP contribution in [0.5, 0.6) is 0 Å². The van der Waals surface area contributed by atoms with Crippen LogP contribution in [0.25, 0.3) is 0 Å². The molecule has 2 aromatic rings. The van der Waals surface area contributed by atoms with Crippen molar-refractivity contribution in [3.63, 3.8) is 0 Å². The molecule has 1 fully saturated rings. The molecule has 1 heterocycles. The number of nitrogens with one attached hydrogen (secondary N) is 1. The summed E-state index contributed by atoms with van der Waals surface area (Å²) in [6.45, 7) is 6.22. The van der Waals surface area contributed by atoms with E-state index in [0.717, 1.165) is 36.3 Å². The van der Waals surface area contributed by atoms with Crippen LogP contribution in [0.4, 0.5) is 0 Å². The molecule has 0 radical (unpaired) electrons. The SMILES string of the molecule is CC(C)C[C@H](O)[C@H](O)[C@H](CC1CCCCC1)N(Cc1nccs1)C(=O)CCC(=O)N[C@@H](C)c1ccccc1. The van der Waals surface area contributed by atoms with Gasteiger partial charge in [-0.3, -0.25) is 9.59 Å². The highest BCUT2D eigenvalue weighted by Crippen LogP contribution is 2.32. The van der Waals surface area contributed by atoms with Gasteiger partial charge in [-0.05, 0) is 37.2 Å². The van der Waals surface area contributed by atoms with Crippen molar-refractivity contribution in [1.82, 2.24) is 15.2 Å². The Kier molecular flexibility index (Phi) is 12.2. The van der Waals surface area contributed by atoms with Crippen LogP contribution in [-0.2, 0) is 16.1 Å². The Bertz CT molecular complexity index is 963. The van der Waals surface area contributed by atoms with Gasteiger partial charge in [0.2, 0.25) is 11.8 Å². The minimum Gasteiger partial charge on any atom is -0.390 e. The van der Waals surface area contributed by atoms with Crippen molar-refractivity contribution in [2.24, 2.45) is 11.8 Å². The van der Waals surface area contributed by atoms with Gasteiger partial charge in [0.1, 0.15) is 11.1 Å². The summed E-state index contributed by atoms with van der Waals surface area (Å²) in [6.07, 6.45) is 6.60. The van der Waals surface area contributed by atoms with Crippen LogP contribution in [0.3, 0.4) is 0 Å². The predicted molar refractivity (Wildman–Crippen MR) is 151 cm³/mol. The van der Waals surface area contributed by atoms with E-state index >= 15 is 0 Å². The van der Waals surface area contributed by atoms with Crippen LogP contribution in [0.2, 0.25) is 0 Å². The van der Waals surface area contributed by atoms with Crippen LogP contribution >= 0.6 is 11.3 Å². The number of amides is 2. The summed E-state index contributed by atoms with van der Waals surface area (Å²) in [5, 5.41) is 27.9. The van der Waals surface area contributed by atoms with E-state index in [1.165, 1.54) is 17.8 Å². The molecule has 0 unspecified atom stereocenters. The molecule has 3 rings (SSSR count). The first-order valence-corrected chi connectivity index (χ1v) is 15.0. The van der Waals surface area contributed by atoms with Gasteiger partial charge in [-0.15, -0.1) is 11.3 Å². The molecule has 0 bridgehead atoms. The Balaban J connectivity index is 1.74. The second kappa shape index (κ2) is 15.3. The number of aromatic nitrogens is 1. The molecule has 0 saturated heterocycles. The molecule has 7 nitrogen and oxygen atoms in total. The minimum atomic E-state index is -1.06. The van der Waals surface area contributed by atoms with E-state index in [0.29, 0.717) is 18.8 Å². The van der Waals surface area contributed by atoms with Crippen LogP contribution in [0.15, 0.2) is 41.9 Å². The van der Waals surface area contributed by atoms with Crippen molar-refractivity contribution in [1.29, 1.82) is 0 Å². The number of hydrogen-bond acceptors (Lipinski definition) is 6. The number of rotatable bonds is 14. The fourth-order valence-corrected chi connectivity index (χ4v) is 6.08. The Morgan fingerprint density at radius 3 is 2.42 bits per heavy atom. The van der Waals surface area contributed by atoms with Gasteiger partial charge in [0.25, 0.3) is 0 Å². The fraction of sp³-hybridized carbons (Fsp3) is 0.633. The summed E-state index contributed by atoms with van der Waals surface area (Å²) in [5.41, 5.74) is 1.01. The number of aliphatic hydroxyl groups excluding tert-OH is 2. The lowest BCUT2D eigenvalue weighted by Gasteiger charge is -2.39. The average Bonchev–Trinajstić information content (AvgIpc) is 3.43. The summed E-state index contributed by atoms with van der Waals surface area (Å²) in [4.78, 5) is 32.5. The highest BCUT2D eigenvalue weighted by atomic mass is 32.1. The zero-order chi connectivity index (χ0) is 27.5.